The van der Waals surface area contributed by atoms with Gasteiger partial charge in [-0.1, -0.05) is 125 Å². The number of furan rings is 1. The maximum atomic E-state index is 6.55. The van der Waals surface area contributed by atoms with Gasteiger partial charge in [-0.15, -0.1) is 11.3 Å². The number of aromatic nitrogens is 3. The summed E-state index contributed by atoms with van der Waals surface area (Å²) in [4.78, 5) is 14.2. The van der Waals surface area contributed by atoms with Gasteiger partial charge in [-0.2, -0.15) is 0 Å². The Hall–Kier alpha value is -7.21. The van der Waals surface area contributed by atoms with Crippen molar-refractivity contribution < 1.29 is 9.40 Å². The molecule has 3 heterocycles. The molecule has 3 aromatic heterocycles. The lowest BCUT2D eigenvalue weighted by atomic mass is 9.92. The Kier molecular flexibility index (Phi) is 6.76. The summed E-state index contributed by atoms with van der Waals surface area (Å²) in [5.74, 6) is 2.16. The van der Waals surface area contributed by atoms with Crippen LogP contribution in [-0.2, 0) is 0 Å². The summed E-state index contributed by atoms with van der Waals surface area (Å²) in [5, 5.41) is 12.0. The third kappa shape index (κ3) is 4.75. The average Bonchev–Trinajstić information content (AvgIpc) is 3.85. The van der Waals surface area contributed by atoms with Gasteiger partial charge in [0.25, 0.3) is 11.6 Å². The zero-order chi connectivity index (χ0) is 36.7. The second-order valence-electron chi connectivity index (χ2n) is 14.4. The van der Waals surface area contributed by atoms with Gasteiger partial charge in [-0.25, -0.2) is 4.98 Å². The van der Waals surface area contributed by atoms with Gasteiger partial charge in [-0.3, -0.25) is 0 Å². The van der Waals surface area contributed by atoms with E-state index in [0.717, 1.165) is 61.4 Å². The molecular weight excluding hydrogens is 703 g/mol. The first-order valence-electron chi connectivity index (χ1n) is 18.8. The van der Waals surface area contributed by atoms with Crippen molar-refractivity contribution in [3.8, 4) is 45.3 Å². The molecule has 12 aromatic rings. The van der Waals surface area contributed by atoms with Gasteiger partial charge in [-0.05, 0) is 104 Å². The molecule has 0 aliphatic heterocycles. The highest BCUT2D eigenvalue weighted by Gasteiger charge is 2.25. The number of fused-ring (bicyclic) bond motifs is 12. The van der Waals surface area contributed by atoms with Gasteiger partial charge < -0.3 is 4.42 Å². The summed E-state index contributed by atoms with van der Waals surface area (Å²) in [6.07, 6.45) is 0. The molecule has 0 saturated carbocycles. The number of benzene rings is 9. The van der Waals surface area contributed by atoms with Gasteiger partial charge >= 0.3 is 5.82 Å². The van der Waals surface area contributed by atoms with E-state index in [4.69, 9.17) is 14.4 Å². The van der Waals surface area contributed by atoms with Crippen LogP contribution < -0.4 is 4.98 Å². The highest BCUT2D eigenvalue weighted by molar-refractivity contribution is 7.25. The predicted octanol–water partition coefficient (Wildman–Crippen LogP) is 13.7. The van der Waals surface area contributed by atoms with Crippen molar-refractivity contribution >= 4 is 85.8 Å². The van der Waals surface area contributed by atoms with Crippen LogP contribution in [0.2, 0.25) is 0 Å². The monoisotopic (exact) mass is 732 g/mol. The van der Waals surface area contributed by atoms with Gasteiger partial charge in [0, 0.05) is 30.9 Å². The number of nitrogens with one attached hydrogen (secondary N) is 1. The second-order valence-corrected chi connectivity index (χ2v) is 15.4. The van der Waals surface area contributed by atoms with E-state index in [1.54, 1.807) is 11.3 Å². The van der Waals surface area contributed by atoms with Gasteiger partial charge in [0.05, 0.1) is 16.7 Å². The molecule has 0 aliphatic rings. The summed E-state index contributed by atoms with van der Waals surface area (Å²) >= 11 is 1.80. The van der Waals surface area contributed by atoms with Crippen molar-refractivity contribution in [2.24, 2.45) is 0 Å². The van der Waals surface area contributed by atoms with Crippen LogP contribution >= 0.6 is 11.3 Å². The molecule has 0 aliphatic carbocycles. The minimum atomic E-state index is 0.674. The largest absolute Gasteiger partial charge is 0.456 e. The molecule has 1 N–H and O–H groups in total. The maximum Gasteiger partial charge on any atom is 0.309 e. The fourth-order valence-electron chi connectivity index (χ4n) is 8.64. The maximum absolute atomic E-state index is 6.55. The molecule has 0 amide bonds. The Bertz CT molecular complexity index is 3510. The van der Waals surface area contributed by atoms with Crippen LogP contribution in [0.3, 0.4) is 0 Å². The first-order chi connectivity index (χ1) is 27.7. The molecule has 0 atom stereocenters. The van der Waals surface area contributed by atoms with Gasteiger partial charge in [0.1, 0.15) is 11.2 Å². The fourth-order valence-corrected chi connectivity index (χ4v) is 9.77. The topological polar surface area (TPSA) is 53.1 Å². The molecule has 0 saturated heterocycles. The van der Waals surface area contributed by atoms with Crippen molar-refractivity contribution in [1.29, 1.82) is 0 Å². The number of aromatic amines is 1. The second kappa shape index (κ2) is 12.2. The van der Waals surface area contributed by atoms with E-state index in [1.165, 1.54) is 52.5 Å². The van der Waals surface area contributed by atoms with Crippen LogP contribution in [0.15, 0.2) is 180 Å². The Morgan fingerprint density at radius 2 is 0.964 bits per heavy atom. The minimum absolute atomic E-state index is 0.674. The summed E-state index contributed by atoms with van der Waals surface area (Å²) in [6, 6.07) is 62.4. The number of nitrogens with zero attached hydrogens (tertiary/aromatic N) is 2. The van der Waals surface area contributed by atoms with E-state index in [0.29, 0.717) is 5.82 Å². The molecule has 0 spiro atoms. The normalized spacial score (nSPS) is 11.9. The van der Waals surface area contributed by atoms with E-state index in [2.05, 4.69) is 151 Å². The molecule has 9 aromatic carbocycles. The number of thiophene rings is 1. The highest BCUT2D eigenvalue weighted by Crippen LogP contribution is 2.42. The van der Waals surface area contributed by atoms with Gasteiger partial charge in [0.2, 0.25) is 0 Å². The lowest BCUT2D eigenvalue weighted by Gasteiger charge is -2.12. The lowest BCUT2D eigenvalue weighted by Crippen LogP contribution is -2.17. The van der Waals surface area contributed by atoms with Crippen molar-refractivity contribution in [1.82, 2.24) is 9.97 Å². The zero-order valence-electron chi connectivity index (χ0n) is 30.0. The van der Waals surface area contributed by atoms with Crippen LogP contribution in [0, 0.1) is 0 Å². The quantitative estimate of drug-likeness (QED) is 0.169. The Balaban J connectivity index is 1.08. The molecule has 260 valence electrons. The SMILES string of the molecule is c1ccc(-c2nc(-c3cccc4sc5ccccc5c34)nc(-c3cccc4oc5ccc(-c6ccc7c8ccccc8c8ccccc8c7c6)cc5c34)[nH+]2)cc1. The number of rotatable bonds is 4. The Morgan fingerprint density at radius 1 is 0.375 bits per heavy atom. The Morgan fingerprint density at radius 3 is 1.75 bits per heavy atom. The van der Waals surface area contributed by atoms with Crippen LogP contribution in [0.5, 0.6) is 0 Å². The summed E-state index contributed by atoms with van der Waals surface area (Å²) in [5.41, 5.74) is 6.88. The van der Waals surface area contributed by atoms with Crippen LogP contribution in [0.25, 0.3) is 120 Å². The first-order valence-corrected chi connectivity index (χ1v) is 19.6. The zero-order valence-corrected chi connectivity index (χ0v) is 30.8. The van der Waals surface area contributed by atoms with E-state index in [-0.39, 0.29) is 0 Å². The molecule has 5 heteroatoms. The summed E-state index contributed by atoms with van der Waals surface area (Å²) in [6.45, 7) is 0. The summed E-state index contributed by atoms with van der Waals surface area (Å²) in [7, 11) is 0. The van der Waals surface area contributed by atoms with E-state index >= 15 is 0 Å². The minimum Gasteiger partial charge on any atom is -0.456 e. The molecule has 12 rings (SSSR count). The van der Waals surface area contributed by atoms with Crippen LogP contribution in [0.4, 0.5) is 0 Å². The molecule has 0 fully saturated rings. The van der Waals surface area contributed by atoms with E-state index in [1.807, 2.05) is 30.3 Å². The van der Waals surface area contributed by atoms with Crippen molar-refractivity contribution in [2.45, 2.75) is 0 Å². The third-order valence-electron chi connectivity index (χ3n) is 11.2. The molecule has 4 nitrogen and oxygen atoms in total. The predicted molar refractivity (Wildman–Crippen MR) is 233 cm³/mol. The van der Waals surface area contributed by atoms with E-state index < -0.39 is 0 Å². The molecule has 0 unspecified atom stereocenters. The standard InChI is InChI=1S/C51H29N3OS/c1-2-12-30(13-3-1)49-52-50(54-51(53-49)40-20-11-23-46-48(40)38-18-8-9-22-45(38)56-46)39-19-10-21-44-47(39)42-29-32(25-27-43(42)55-44)31-24-26-37-35-16-5-4-14-33(35)34-15-6-7-17-36(34)41(37)28-31/h1-29H/p+1. The summed E-state index contributed by atoms with van der Waals surface area (Å²) < 4.78 is 9.02. The molecule has 0 radical (unpaired) electrons. The lowest BCUT2D eigenvalue weighted by molar-refractivity contribution is -0.359. The van der Waals surface area contributed by atoms with Crippen molar-refractivity contribution in [3.63, 3.8) is 0 Å². The number of hydrogen-bond donors (Lipinski definition) is 0. The van der Waals surface area contributed by atoms with Gasteiger partial charge in [0.15, 0.2) is 0 Å². The van der Waals surface area contributed by atoms with Crippen molar-refractivity contribution in [2.75, 3.05) is 0 Å². The van der Waals surface area contributed by atoms with E-state index in [9.17, 15) is 0 Å². The smallest absolute Gasteiger partial charge is 0.309 e. The van der Waals surface area contributed by atoms with Crippen LogP contribution in [0.1, 0.15) is 0 Å². The van der Waals surface area contributed by atoms with Crippen LogP contribution in [-0.4, -0.2) is 9.97 Å². The fraction of sp³-hybridized carbons (Fsp3) is 0. The average molecular weight is 733 g/mol. The van der Waals surface area contributed by atoms with Crippen molar-refractivity contribution in [3.05, 3.63) is 176 Å². The number of hydrogen-bond acceptors (Lipinski definition) is 4. The highest BCUT2D eigenvalue weighted by atomic mass is 32.1. The molecular formula is C51H30N3OS+. The first kappa shape index (κ1) is 31.2. The third-order valence-corrected chi connectivity index (χ3v) is 12.3. The Labute approximate surface area is 325 Å². The molecule has 0 bridgehead atoms. The molecule has 56 heavy (non-hydrogen) atoms. The number of H-pyrrole nitrogens is 1.